The predicted octanol–water partition coefficient (Wildman–Crippen LogP) is 3.17. The number of aryl methyl sites for hydroxylation is 2. The van der Waals surface area contributed by atoms with Crippen molar-refractivity contribution < 1.29 is 4.74 Å². The van der Waals surface area contributed by atoms with E-state index in [4.69, 9.17) is 10.6 Å². The Balaban J connectivity index is 1.82. The molecule has 21 heavy (non-hydrogen) atoms. The van der Waals surface area contributed by atoms with Gasteiger partial charge in [0.25, 0.3) is 0 Å². The Hall–Kier alpha value is -2.18. The highest BCUT2D eigenvalue weighted by atomic mass is 32.1. The smallest absolute Gasteiger partial charge is 0.169 e. The van der Waals surface area contributed by atoms with E-state index >= 15 is 0 Å². The number of anilines is 1. The SMILES string of the molecule is Cc1ccc(OCc2nc(NN)c3ccsc3n2)cc1C. The first-order valence-electron chi connectivity index (χ1n) is 6.58. The van der Waals surface area contributed by atoms with Gasteiger partial charge in [-0.05, 0) is 48.6 Å². The van der Waals surface area contributed by atoms with Crippen LogP contribution in [0.5, 0.6) is 5.75 Å². The molecule has 0 unspecified atom stereocenters. The van der Waals surface area contributed by atoms with Gasteiger partial charge in [0.05, 0.1) is 5.39 Å². The molecule has 0 amide bonds. The van der Waals surface area contributed by atoms with Gasteiger partial charge in [0.15, 0.2) is 11.6 Å². The molecule has 0 aliphatic carbocycles. The van der Waals surface area contributed by atoms with E-state index in [1.54, 1.807) is 11.3 Å². The second-order valence-corrected chi connectivity index (χ2v) is 5.70. The molecule has 1 aromatic carbocycles. The number of benzene rings is 1. The van der Waals surface area contributed by atoms with Crippen molar-refractivity contribution in [2.45, 2.75) is 20.5 Å². The summed E-state index contributed by atoms with van der Waals surface area (Å²) in [6.45, 7) is 4.45. The maximum absolute atomic E-state index is 5.76. The van der Waals surface area contributed by atoms with Crippen LogP contribution in [0.4, 0.5) is 5.82 Å². The van der Waals surface area contributed by atoms with E-state index in [-0.39, 0.29) is 0 Å². The number of nitrogens with two attached hydrogens (primary N) is 1. The number of nitrogens with one attached hydrogen (secondary N) is 1. The minimum Gasteiger partial charge on any atom is -0.486 e. The van der Waals surface area contributed by atoms with Gasteiger partial charge < -0.3 is 10.2 Å². The number of ether oxygens (including phenoxy) is 1. The lowest BCUT2D eigenvalue weighted by molar-refractivity contribution is 0.296. The highest BCUT2D eigenvalue weighted by Gasteiger charge is 2.08. The molecule has 0 saturated heterocycles. The van der Waals surface area contributed by atoms with Crippen LogP contribution in [0.2, 0.25) is 0 Å². The molecule has 3 aromatic rings. The lowest BCUT2D eigenvalue weighted by Gasteiger charge is -2.09. The molecule has 2 heterocycles. The molecule has 3 N–H and O–H groups in total. The van der Waals surface area contributed by atoms with E-state index in [1.807, 2.05) is 29.6 Å². The van der Waals surface area contributed by atoms with Crippen LogP contribution in [0.15, 0.2) is 29.6 Å². The Kier molecular flexibility index (Phi) is 3.72. The van der Waals surface area contributed by atoms with Crippen molar-refractivity contribution in [2.24, 2.45) is 5.84 Å². The van der Waals surface area contributed by atoms with E-state index in [9.17, 15) is 0 Å². The summed E-state index contributed by atoms with van der Waals surface area (Å²) < 4.78 is 5.76. The van der Waals surface area contributed by atoms with Gasteiger partial charge in [-0.2, -0.15) is 0 Å². The van der Waals surface area contributed by atoms with Gasteiger partial charge >= 0.3 is 0 Å². The van der Waals surface area contributed by atoms with E-state index in [1.165, 1.54) is 11.1 Å². The van der Waals surface area contributed by atoms with Crippen molar-refractivity contribution in [3.63, 3.8) is 0 Å². The highest BCUT2D eigenvalue weighted by Crippen LogP contribution is 2.25. The maximum Gasteiger partial charge on any atom is 0.169 e. The number of hydrogen-bond acceptors (Lipinski definition) is 6. The molecule has 6 heteroatoms. The number of fused-ring (bicyclic) bond motifs is 1. The molecule has 0 bridgehead atoms. The molecule has 0 aliphatic rings. The lowest BCUT2D eigenvalue weighted by Crippen LogP contribution is -2.11. The number of aromatic nitrogens is 2. The lowest BCUT2D eigenvalue weighted by atomic mass is 10.1. The minimum atomic E-state index is 0.311. The maximum atomic E-state index is 5.76. The van der Waals surface area contributed by atoms with Gasteiger partial charge in [-0.25, -0.2) is 15.8 Å². The summed E-state index contributed by atoms with van der Waals surface area (Å²) in [6.07, 6.45) is 0. The van der Waals surface area contributed by atoms with Gasteiger partial charge in [-0.15, -0.1) is 11.3 Å². The third-order valence-corrected chi connectivity index (χ3v) is 4.16. The van der Waals surface area contributed by atoms with Crippen LogP contribution in [0.3, 0.4) is 0 Å². The van der Waals surface area contributed by atoms with Gasteiger partial charge in [-0.1, -0.05) is 6.07 Å². The molecular formula is C15H16N4OS. The average molecular weight is 300 g/mol. The second kappa shape index (κ2) is 5.67. The fraction of sp³-hybridized carbons (Fsp3) is 0.200. The van der Waals surface area contributed by atoms with Gasteiger partial charge in [0, 0.05) is 0 Å². The number of hydrogen-bond donors (Lipinski definition) is 2. The highest BCUT2D eigenvalue weighted by molar-refractivity contribution is 7.16. The first-order valence-corrected chi connectivity index (χ1v) is 7.46. The van der Waals surface area contributed by atoms with Crippen LogP contribution in [-0.2, 0) is 6.61 Å². The molecule has 0 spiro atoms. The van der Waals surface area contributed by atoms with Crippen molar-refractivity contribution in [1.82, 2.24) is 9.97 Å². The van der Waals surface area contributed by atoms with Crippen LogP contribution >= 0.6 is 11.3 Å². The van der Waals surface area contributed by atoms with Crippen LogP contribution in [0.25, 0.3) is 10.2 Å². The third-order valence-electron chi connectivity index (χ3n) is 3.35. The molecule has 2 aromatic heterocycles. The summed E-state index contributed by atoms with van der Waals surface area (Å²) in [5.41, 5.74) is 5.06. The molecular weight excluding hydrogens is 284 g/mol. The zero-order valence-electron chi connectivity index (χ0n) is 11.9. The van der Waals surface area contributed by atoms with Gasteiger partial charge in [0.1, 0.15) is 17.2 Å². The summed E-state index contributed by atoms with van der Waals surface area (Å²) in [5.74, 6) is 7.56. The van der Waals surface area contributed by atoms with Crippen molar-refractivity contribution >= 4 is 27.4 Å². The normalized spacial score (nSPS) is 10.8. The number of nitrogens with zero attached hydrogens (tertiary/aromatic N) is 2. The van der Waals surface area contributed by atoms with E-state index in [2.05, 4.69) is 29.2 Å². The standard InChI is InChI=1S/C15H16N4OS/c1-9-3-4-11(7-10(9)2)20-8-13-17-14(19-16)12-5-6-21-15(12)18-13/h3-7H,8,16H2,1-2H3,(H,17,18,19). The fourth-order valence-electron chi connectivity index (χ4n) is 2.03. The Labute approximate surface area is 126 Å². The van der Waals surface area contributed by atoms with Crippen molar-refractivity contribution in [3.05, 3.63) is 46.6 Å². The Morgan fingerprint density at radius 2 is 2.05 bits per heavy atom. The molecule has 0 aliphatic heterocycles. The van der Waals surface area contributed by atoms with Crippen LogP contribution in [-0.4, -0.2) is 9.97 Å². The summed E-state index contributed by atoms with van der Waals surface area (Å²) in [5, 5.41) is 2.89. The number of nitrogen functional groups attached to an aromatic ring is 1. The number of rotatable bonds is 4. The molecule has 5 nitrogen and oxygen atoms in total. The minimum absolute atomic E-state index is 0.311. The zero-order valence-corrected chi connectivity index (χ0v) is 12.7. The Bertz CT molecular complexity index is 784. The molecule has 108 valence electrons. The predicted molar refractivity (Wildman–Crippen MR) is 85.5 cm³/mol. The van der Waals surface area contributed by atoms with E-state index in [0.29, 0.717) is 18.2 Å². The number of thiophene rings is 1. The van der Waals surface area contributed by atoms with Crippen LogP contribution in [0, 0.1) is 13.8 Å². The zero-order chi connectivity index (χ0) is 14.8. The first kappa shape index (κ1) is 13.8. The molecule has 3 rings (SSSR count). The van der Waals surface area contributed by atoms with E-state index in [0.717, 1.165) is 16.0 Å². The molecule has 0 saturated carbocycles. The van der Waals surface area contributed by atoms with Crippen molar-refractivity contribution in [2.75, 3.05) is 5.43 Å². The topological polar surface area (TPSA) is 73.1 Å². The summed E-state index contributed by atoms with van der Waals surface area (Å²) in [7, 11) is 0. The van der Waals surface area contributed by atoms with Crippen molar-refractivity contribution in [3.8, 4) is 5.75 Å². The third kappa shape index (κ3) is 2.81. The molecule has 0 fully saturated rings. The number of hydrazine groups is 1. The summed E-state index contributed by atoms with van der Waals surface area (Å²) in [6, 6.07) is 7.96. The monoisotopic (exact) mass is 300 g/mol. The Morgan fingerprint density at radius 1 is 1.19 bits per heavy atom. The first-order chi connectivity index (χ1) is 10.2. The average Bonchev–Trinajstić information content (AvgIpc) is 2.96. The largest absolute Gasteiger partial charge is 0.486 e. The van der Waals surface area contributed by atoms with Crippen molar-refractivity contribution in [1.29, 1.82) is 0 Å². The van der Waals surface area contributed by atoms with Crippen LogP contribution < -0.4 is 16.0 Å². The van der Waals surface area contributed by atoms with E-state index < -0.39 is 0 Å². The molecule has 0 radical (unpaired) electrons. The summed E-state index contributed by atoms with van der Waals surface area (Å²) >= 11 is 1.55. The molecule has 0 atom stereocenters. The summed E-state index contributed by atoms with van der Waals surface area (Å²) in [4.78, 5) is 9.77. The van der Waals surface area contributed by atoms with Crippen LogP contribution in [0.1, 0.15) is 17.0 Å². The van der Waals surface area contributed by atoms with Gasteiger partial charge in [-0.3, -0.25) is 0 Å². The van der Waals surface area contributed by atoms with Gasteiger partial charge in [0.2, 0.25) is 0 Å². The second-order valence-electron chi connectivity index (χ2n) is 4.81. The quantitative estimate of drug-likeness (QED) is 0.572. The Morgan fingerprint density at radius 3 is 2.81 bits per heavy atom. The fourth-order valence-corrected chi connectivity index (χ4v) is 2.81.